The van der Waals surface area contributed by atoms with Gasteiger partial charge in [0.25, 0.3) is 5.69 Å². The molecule has 0 aliphatic carbocycles. The fraction of sp³-hybridized carbons (Fsp3) is 0.133. The fourth-order valence-electron chi connectivity index (χ4n) is 1.88. The molecule has 0 saturated carbocycles. The van der Waals surface area contributed by atoms with Gasteiger partial charge in [0.05, 0.1) is 17.1 Å². The monoisotopic (exact) mass is 287 g/mol. The summed E-state index contributed by atoms with van der Waals surface area (Å²) in [5, 5.41) is 20.6. The van der Waals surface area contributed by atoms with E-state index in [0.717, 1.165) is 0 Å². The second kappa shape index (κ2) is 6.04. The number of benzene rings is 2. The Morgan fingerprint density at radius 3 is 2.67 bits per heavy atom. The van der Waals surface area contributed by atoms with Crippen molar-refractivity contribution in [2.45, 2.75) is 6.92 Å². The second-order valence-electron chi connectivity index (χ2n) is 4.25. The number of nitro groups is 1. The summed E-state index contributed by atoms with van der Waals surface area (Å²) in [6, 6.07) is 9.71. The SMILES string of the molecule is CCOc1ccc(C(=O)c2cccc([N+](=O)[O-])c2)c(O)c1. The third-order valence-electron chi connectivity index (χ3n) is 2.84. The molecule has 0 saturated heterocycles. The highest BCUT2D eigenvalue weighted by Crippen LogP contribution is 2.26. The molecule has 2 aromatic carbocycles. The summed E-state index contributed by atoms with van der Waals surface area (Å²) in [5.74, 6) is -0.262. The molecule has 1 N–H and O–H groups in total. The Morgan fingerprint density at radius 2 is 2.05 bits per heavy atom. The standard InChI is InChI=1S/C15H13NO5/c1-2-21-12-6-7-13(14(17)9-12)15(18)10-4-3-5-11(8-10)16(19)20/h3-9,17H,2H2,1H3. The first kappa shape index (κ1) is 14.5. The van der Waals surface area contributed by atoms with E-state index >= 15 is 0 Å². The van der Waals surface area contributed by atoms with Crippen molar-refractivity contribution >= 4 is 11.5 Å². The van der Waals surface area contributed by atoms with E-state index in [9.17, 15) is 20.0 Å². The lowest BCUT2D eigenvalue weighted by Crippen LogP contribution is -2.03. The van der Waals surface area contributed by atoms with Gasteiger partial charge in [-0.3, -0.25) is 14.9 Å². The predicted molar refractivity (Wildman–Crippen MR) is 75.8 cm³/mol. The van der Waals surface area contributed by atoms with Gasteiger partial charge in [0.1, 0.15) is 11.5 Å². The maximum Gasteiger partial charge on any atom is 0.270 e. The number of carbonyl (C=O) groups excluding carboxylic acids is 1. The van der Waals surface area contributed by atoms with E-state index in [1.807, 2.05) is 0 Å². The van der Waals surface area contributed by atoms with Gasteiger partial charge < -0.3 is 9.84 Å². The van der Waals surface area contributed by atoms with Gasteiger partial charge in [0.2, 0.25) is 0 Å². The molecular formula is C15H13NO5. The number of non-ortho nitro benzene ring substituents is 1. The molecule has 2 aromatic rings. The van der Waals surface area contributed by atoms with E-state index in [1.54, 1.807) is 13.0 Å². The summed E-state index contributed by atoms with van der Waals surface area (Å²) in [7, 11) is 0. The van der Waals surface area contributed by atoms with Gasteiger partial charge in [0.15, 0.2) is 5.78 Å². The molecule has 0 spiro atoms. The Bertz CT molecular complexity index is 696. The maximum atomic E-state index is 12.3. The van der Waals surface area contributed by atoms with Gasteiger partial charge in [0, 0.05) is 23.8 Å². The van der Waals surface area contributed by atoms with E-state index in [1.165, 1.54) is 36.4 Å². The van der Waals surface area contributed by atoms with Crippen LogP contribution in [0.5, 0.6) is 11.5 Å². The number of rotatable bonds is 5. The van der Waals surface area contributed by atoms with Crippen LogP contribution >= 0.6 is 0 Å². The zero-order chi connectivity index (χ0) is 15.4. The van der Waals surface area contributed by atoms with E-state index in [0.29, 0.717) is 12.4 Å². The van der Waals surface area contributed by atoms with Gasteiger partial charge >= 0.3 is 0 Å². The quantitative estimate of drug-likeness (QED) is 0.518. The summed E-state index contributed by atoms with van der Waals surface area (Å²) in [4.78, 5) is 22.4. The van der Waals surface area contributed by atoms with Crippen molar-refractivity contribution < 1.29 is 19.6 Å². The number of carbonyl (C=O) groups is 1. The Morgan fingerprint density at radius 1 is 1.29 bits per heavy atom. The molecule has 0 fully saturated rings. The van der Waals surface area contributed by atoms with Crippen molar-refractivity contribution in [1.29, 1.82) is 0 Å². The molecular weight excluding hydrogens is 274 g/mol. The number of ether oxygens (including phenoxy) is 1. The third kappa shape index (κ3) is 3.17. The van der Waals surface area contributed by atoms with Crippen LogP contribution in [0.3, 0.4) is 0 Å². The van der Waals surface area contributed by atoms with Crippen molar-refractivity contribution in [2.75, 3.05) is 6.61 Å². The minimum Gasteiger partial charge on any atom is -0.507 e. The molecule has 2 rings (SSSR count). The van der Waals surface area contributed by atoms with Crippen molar-refractivity contribution in [3.63, 3.8) is 0 Å². The van der Waals surface area contributed by atoms with E-state index in [-0.39, 0.29) is 22.6 Å². The summed E-state index contributed by atoms with van der Waals surface area (Å²) >= 11 is 0. The summed E-state index contributed by atoms with van der Waals surface area (Å²) in [5.41, 5.74) is 0.0360. The van der Waals surface area contributed by atoms with Crippen LogP contribution in [0.25, 0.3) is 0 Å². The molecule has 108 valence electrons. The average Bonchev–Trinajstić information content (AvgIpc) is 2.47. The normalized spacial score (nSPS) is 10.1. The Hall–Kier alpha value is -2.89. The van der Waals surface area contributed by atoms with Gasteiger partial charge in [-0.2, -0.15) is 0 Å². The third-order valence-corrected chi connectivity index (χ3v) is 2.84. The van der Waals surface area contributed by atoms with Crippen LogP contribution in [-0.2, 0) is 0 Å². The smallest absolute Gasteiger partial charge is 0.270 e. The fourth-order valence-corrected chi connectivity index (χ4v) is 1.88. The lowest BCUT2D eigenvalue weighted by molar-refractivity contribution is -0.384. The van der Waals surface area contributed by atoms with Crippen LogP contribution in [0.15, 0.2) is 42.5 Å². The summed E-state index contributed by atoms with van der Waals surface area (Å²) in [6.07, 6.45) is 0. The highest BCUT2D eigenvalue weighted by molar-refractivity contribution is 6.11. The van der Waals surface area contributed by atoms with Crippen molar-refractivity contribution in [3.05, 3.63) is 63.7 Å². The highest BCUT2D eigenvalue weighted by atomic mass is 16.6. The molecule has 0 heterocycles. The van der Waals surface area contributed by atoms with E-state index in [4.69, 9.17) is 4.74 Å². The maximum absolute atomic E-state index is 12.3. The minimum absolute atomic E-state index is 0.0685. The summed E-state index contributed by atoms with van der Waals surface area (Å²) < 4.78 is 5.22. The Kier molecular flexibility index (Phi) is 4.18. The molecule has 0 aliphatic heterocycles. The molecule has 0 atom stereocenters. The molecule has 0 amide bonds. The van der Waals surface area contributed by atoms with Gasteiger partial charge in [-0.1, -0.05) is 12.1 Å². The van der Waals surface area contributed by atoms with Crippen LogP contribution in [0.4, 0.5) is 5.69 Å². The van der Waals surface area contributed by atoms with Gasteiger partial charge in [-0.15, -0.1) is 0 Å². The van der Waals surface area contributed by atoms with Crippen LogP contribution in [0.1, 0.15) is 22.8 Å². The van der Waals surface area contributed by atoms with Crippen LogP contribution in [0.2, 0.25) is 0 Å². The first-order valence-electron chi connectivity index (χ1n) is 6.28. The Balaban J connectivity index is 2.36. The number of nitro benzene ring substituents is 1. The molecule has 21 heavy (non-hydrogen) atoms. The largest absolute Gasteiger partial charge is 0.507 e. The molecule has 6 heteroatoms. The number of phenols is 1. The minimum atomic E-state index is -0.575. The predicted octanol–water partition coefficient (Wildman–Crippen LogP) is 2.93. The van der Waals surface area contributed by atoms with Gasteiger partial charge in [-0.05, 0) is 19.1 Å². The first-order chi connectivity index (χ1) is 10.0. The molecule has 0 unspecified atom stereocenters. The topological polar surface area (TPSA) is 89.7 Å². The van der Waals surface area contributed by atoms with E-state index in [2.05, 4.69) is 0 Å². The zero-order valence-electron chi connectivity index (χ0n) is 11.3. The van der Waals surface area contributed by atoms with E-state index < -0.39 is 10.7 Å². The molecule has 0 radical (unpaired) electrons. The number of hydrogen-bond donors (Lipinski definition) is 1. The van der Waals surface area contributed by atoms with Crippen LogP contribution in [0, 0.1) is 10.1 Å². The van der Waals surface area contributed by atoms with Gasteiger partial charge in [-0.25, -0.2) is 0 Å². The van der Waals surface area contributed by atoms with Crippen LogP contribution < -0.4 is 4.74 Å². The zero-order valence-corrected chi connectivity index (χ0v) is 11.3. The average molecular weight is 287 g/mol. The number of ketones is 1. The van der Waals surface area contributed by atoms with Crippen molar-refractivity contribution in [3.8, 4) is 11.5 Å². The first-order valence-corrected chi connectivity index (χ1v) is 6.28. The van der Waals surface area contributed by atoms with Crippen molar-refractivity contribution in [1.82, 2.24) is 0 Å². The number of nitrogens with zero attached hydrogens (tertiary/aromatic N) is 1. The molecule has 6 nitrogen and oxygen atoms in total. The van der Waals surface area contributed by atoms with Crippen molar-refractivity contribution in [2.24, 2.45) is 0 Å². The number of aromatic hydroxyl groups is 1. The molecule has 0 aliphatic rings. The highest BCUT2D eigenvalue weighted by Gasteiger charge is 2.17. The molecule has 0 aromatic heterocycles. The Labute approximate surface area is 120 Å². The van der Waals surface area contributed by atoms with Crippen LogP contribution in [-0.4, -0.2) is 22.4 Å². The summed E-state index contributed by atoms with van der Waals surface area (Å²) in [6.45, 7) is 2.25. The molecule has 0 bridgehead atoms. The number of hydrogen-bond acceptors (Lipinski definition) is 5. The lowest BCUT2D eigenvalue weighted by Gasteiger charge is -2.07. The lowest BCUT2D eigenvalue weighted by atomic mass is 10.0. The number of phenolic OH excluding ortho intramolecular Hbond substituents is 1. The second-order valence-corrected chi connectivity index (χ2v) is 4.25.